The van der Waals surface area contributed by atoms with Gasteiger partial charge in [0.15, 0.2) is 0 Å². The molecule has 2 rings (SSSR count). The summed E-state index contributed by atoms with van der Waals surface area (Å²) in [6.45, 7) is 0.159. The van der Waals surface area contributed by atoms with Gasteiger partial charge in [-0.2, -0.15) is 0 Å². The number of aliphatic hydroxyl groups excluding tert-OH is 1. The normalized spacial score (nSPS) is 13.5. The first kappa shape index (κ1) is 12.1. The molecule has 3 heteroatoms. The van der Waals surface area contributed by atoms with E-state index < -0.39 is 0 Å². The van der Waals surface area contributed by atoms with Gasteiger partial charge in [0.2, 0.25) is 5.91 Å². The molecule has 2 N–H and O–H groups in total. The van der Waals surface area contributed by atoms with E-state index in [0.717, 1.165) is 18.5 Å². The van der Waals surface area contributed by atoms with Gasteiger partial charge in [-0.1, -0.05) is 6.07 Å². The molecule has 0 saturated carbocycles. The van der Waals surface area contributed by atoms with Crippen LogP contribution in [0.3, 0.4) is 0 Å². The smallest absolute Gasteiger partial charge is 0.224 e. The summed E-state index contributed by atoms with van der Waals surface area (Å²) in [5.41, 5.74) is 3.70. The van der Waals surface area contributed by atoms with E-state index in [9.17, 15) is 4.79 Å². The van der Waals surface area contributed by atoms with Crippen LogP contribution < -0.4 is 5.32 Å². The quantitative estimate of drug-likeness (QED) is 0.766. The van der Waals surface area contributed by atoms with Crippen LogP contribution in [0, 0.1) is 0 Å². The molecule has 0 bridgehead atoms. The topological polar surface area (TPSA) is 49.3 Å². The SMILES string of the molecule is O=C(CCCCO)Nc1ccc2c(c1)CCC2. The number of amides is 1. The maximum atomic E-state index is 11.6. The molecule has 17 heavy (non-hydrogen) atoms. The number of benzene rings is 1. The predicted molar refractivity (Wildman–Crippen MR) is 68.0 cm³/mol. The van der Waals surface area contributed by atoms with Gasteiger partial charge in [-0.3, -0.25) is 4.79 Å². The van der Waals surface area contributed by atoms with E-state index in [4.69, 9.17) is 5.11 Å². The van der Waals surface area contributed by atoms with Crippen molar-refractivity contribution < 1.29 is 9.90 Å². The van der Waals surface area contributed by atoms with E-state index >= 15 is 0 Å². The average molecular weight is 233 g/mol. The minimum Gasteiger partial charge on any atom is -0.396 e. The van der Waals surface area contributed by atoms with E-state index in [0.29, 0.717) is 12.8 Å². The zero-order valence-corrected chi connectivity index (χ0v) is 10.0. The van der Waals surface area contributed by atoms with Gasteiger partial charge in [0, 0.05) is 18.7 Å². The highest BCUT2D eigenvalue weighted by Gasteiger charge is 2.11. The Hall–Kier alpha value is -1.35. The molecule has 0 saturated heterocycles. The van der Waals surface area contributed by atoms with Crippen molar-refractivity contribution in [2.24, 2.45) is 0 Å². The van der Waals surface area contributed by atoms with Gasteiger partial charge < -0.3 is 10.4 Å². The third-order valence-corrected chi connectivity index (χ3v) is 3.19. The molecule has 92 valence electrons. The van der Waals surface area contributed by atoms with E-state index in [-0.39, 0.29) is 12.5 Å². The summed E-state index contributed by atoms with van der Waals surface area (Å²) in [7, 11) is 0. The van der Waals surface area contributed by atoms with Gasteiger partial charge in [-0.25, -0.2) is 0 Å². The Labute approximate surface area is 102 Å². The third kappa shape index (κ3) is 3.30. The van der Waals surface area contributed by atoms with Crippen LogP contribution in [0.1, 0.15) is 36.8 Å². The molecule has 0 heterocycles. The Kier molecular flexibility index (Phi) is 4.15. The largest absolute Gasteiger partial charge is 0.396 e. The summed E-state index contributed by atoms with van der Waals surface area (Å²) in [6.07, 6.45) is 5.44. The molecule has 1 amide bonds. The highest BCUT2D eigenvalue weighted by Crippen LogP contribution is 2.24. The molecule has 0 radical (unpaired) electrons. The van der Waals surface area contributed by atoms with Gasteiger partial charge >= 0.3 is 0 Å². The summed E-state index contributed by atoms with van der Waals surface area (Å²) < 4.78 is 0. The minimum atomic E-state index is 0.0383. The second kappa shape index (κ2) is 5.82. The van der Waals surface area contributed by atoms with Crippen LogP contribution in [-0.2, 0) is 17.6 Å². The number of hydrogen-bond acceptors (Lipinski definition) is 2. The first-order valence-electron chi connectivity index (χ1n) is 6.32. The van der Waals surface area contributed by atoms with Gasteiger partial charge in [-0.05, 0) is 55.4 Å². The number of fused-ring (bicyclic) bond motifs is 1. The molecular formula is C14H19NO2. The number of rotatable bonds is 5. The fourth-order valence-corrected chi connectivity index (χ4v) is 2.27. The molecule has 3 nitrogen and oxygen atoms in total. The number of aliphatic hydroxyl groups is 1. The Morgan fingerprint density at radius 3 is 2.88 bits per heavy atom. The van der Waals surface area contributed by atoms with Gasteiger partial charge in [0.25, 0.3) is 0 Å². The Bertz CT molecular complexity index is 401. The van der Waals surface area contributed by atoms with E-state index in [2.05, 4.69) is 17.4 Å². The maximum absolute atomic E-state index is 11.6. The lowest BCUT2D eigenvalue weighted by Gasteiger charge is -2.07. The fourth-order valence-electron chi connectivity index (χ4n) is 2.27. The standard InChI is InChI=1S/C14H19NO2/c16-9-2-1-6-14(17)15-13-8-7-11-4-3-5-12(11)10-13/h7-8,10,16H,1-6,9H2,(H,15,17). The zero-order valence-electron chi connectivity index (χ0n) is 10.0. The zero-order chi connectivity index (χ0) is 12.1. The number of anilines is 1. The Balaban J connectivity index is 1.88. The second-order valence-electron chi connectivity index (χ2n) is 4.57. The van der Waals surface area contributed by atoms with Crippen molar-refractivity contribution in [3.05, 3.63) is 29.3 Å². The van der Waals surface area contributed by atoms with Crippen molar-refractivity contribution in [3.8, 4) is 0 Å². The highest BCUT2D eigenvalue weighted by atomic mass is 16.2. The van der Waals surface area contributed by atoms with Gasteiger partial charge in [0.1, 0.15) is 0 Å². The molecule has 1 aliphatic rings. The van der Waals surface area contributed by atoms with Crippen LogP contribution in [0.2, 0.25) is 0 Å². The monoisotopic (exact) mass is 233 g/mol. The Morgan fingerprint density at radius 2 is 2.06 bits per heavy atom. The molecule has 1 aliphatic carbocycles. The van der Waals surface area contributed by atoms with Gasteiger partial charge in [-0.15, -0.1) is 0 Å². The Morgan fingerprint density at radius 1 is 1.24 bits per heavy atom. The summed E-state index contributed by atoms with van der Waals surface area (Å²) in [5.74, 6) is 0.0383. The highest BCUT2D eigenvalue weighted by molar-refractivity contribution is 5.90. The lowest BCUT2D eigenvalue weighted by molar-refractivity contribution is -0.116. The van der Waals surface area contributed by atoms with Crippen LogP contribution in [0.15, 0.2) is 18.2 Å². The number of carbonyl (C=O) groups excluding carboxylic acids is 1. The summed E-state index contributed by atoms with van der Waals surface area (Å²) in [6, 6.07) is 6.19. The molecule has 0 unspecified atom stereocenters. The first-order chi connectivity index (χ1) is 8.29. The number of aryl methyl sites for hydroxylation is 2. The lowest BCUT2D eigenvalue weighted by atomic mass is 10.1. The van der Waals surface area contributed by atoms with Crippen LogP contribution >= 0.6 is 0 Å². The predicted octanol–water partition coefficient (Wildman–Crippen LogP) is 2.28. The molecular weight excluding hydrogens is 214 g/mol. The average Bonchev–Trinajstić information content (AvgIpc) is 2.76. The van der Waals surface area contributed by atoms with E-state index in [1.807, 2.05) is 6.07 Å². The summed E-state index contributed by atoms with van der Waals surface area (Å²) in [5, 5.41) is 11.6. The molecule has 0 atom stereocenters. The van der Waals surface area contributed by atoms with Crippen molar-refractivity contribution in [2.45, 2.75) is 38.5 Å². The van der Waals surface area contributed by atoms with Crippen molar-refractivity contribution >= 4 is 11.6 Å². The number of nitrogens with one attached hydrogen (secondary N) is 1. The molecule has 1 aromatic rings. The summed E-state index contributed by atoms with van der Waals surface area (Å²) in [4.78, 5) is 11.6. The number of carbonyl (C=O) groups is 1. The van der Waals surface area contributed by atoms with E-state index in [1.54, 1.807) is 0 Å². The number of unbranched alkanes of at least 4 members (excludes halogenated alkanes) is 1. The molecule has 0 aromatic heterocycles. The summed E-state index contributed by atoms with van der Waals surface area (Å²) >= 11 is 0. The van der Waals surface area contributed by atoms with Crippen LogP contribution in [0.4, 0.5) is 5.69 Å². The van der Waals surface area contributed by atoms with Crippen LogP contribution in [0.25, 0.3) is 0 Å². The molecule has 1 aromatic carbocycles. The van der Waals surface area contributed by atoms with Crippen LogP contribution in [0.5, 0.6) is 0 Å². The van der Waals surface area contributed by atoms with Crippen molar-refractivity contribution in [3.63, 3.8) is 0 Å². The number of hydrogen-bond donors (Lipinski definition) is 2. The van der Waals surface area contributed by atoms with Crippen LogP contribution in [-0.4, -0.2) is 17.6 Å². The van der Waals surface area contributed by atoms with Crippen molar-refractivity contribution in [1.29, 1.82) is 0 Å². The molecule has 0 aliphatic heterocycles. The minimum absolute atomic E-state index is 0.0383. The molecule has 0 spiro atoms. The third-order valence-electron chi connectivity index (χ3n) is 3.19. The van der Waals surface area contributed by atoms with Crippen molar-refractivity contribution in [2.75, 3.05) is 11.9 Å². The lowest BCUT2D eigenvalue weighted by Crippen LogP contribution is -2.11. The second-order valence-corrected chi connectivity index (χ2v) is 4.57. The first-order valence-corrected chi connectivity index (χ1v) is 6.32. The van der Waals surface area contributed by atoms with Gasteiger partial charge in [0.05, 0.1) is 0 Å². The molecule has 0 fully saturated rings. The van der Waals surface area contributed by atoms with E-state index in [1.165, 1.54) is 24.0 Å². The maximum Gasteiger partial charge on any atom is 0.224 e. The van der Waals surface area contributed by atoms with Crippen molar-refractivity contribution in [1.82, 2.24) is 0 Å². The fraction of sp³-hybridized carbons (Fsp3) is 0.500.